The molecule has 1 spiro atoms. The number of amides is 1. The fourth-order valence-electron chi connectivity index (χ4n) is 4.12. The summed E-state index contributed by atoms with van der Waals surface area (Å²) in [6.45, 7) is 0. The first-order valence-electron chi connectivity index (χ1n) is 7.87. The maximum atomic E-state index is 13.0. The van der Waals surface area contributed by atoms with E-state index in [1.54, 1.807) is 0 Å². The average molecular weight is 356 g/mol. The lowest BCUT2D eigenvalue weighted by Crippen LogP contribution is -2.62. The number of carbonyl (C=O) groups is 1. The van der Waals surface area contributed by atoms with Crippen LogP contribution in [0.15, 0.2) is 59.1 Å². The van der Waals surface area contributed by atoms with Gasteiger partial charge in [0.05, 0.1) is 11.5 Å². The minimum absolute atomic E-state index is 0.163. The summed E-state index contributed by atoms with van der Waals surface area (Å²) in [5.41, 5.74) is 2.09. The van der Waals surface area contributed by atoms with Crippen molar-refractivity contribution in [3.05, 3.63) is 64.6 Å². The highest BCUT2D eigenvalue weighted by Crippen LogP contribution is 2.60. The minimum atomic E-state index is -0.163. The van der Waals surface area contributed by atoms with Crippen LogP contribution < -0.4 is 4.90 Å². The average Bonchev–Trinajstić information content (AvgIpc) is 3.06. The molecular weight excluding hydrogens is 338 g/mol. The first-order valence-corrected chi connectivity index (χ1v) is 8.66. The van der Waals surface area contributed by atoms with Gasteiger partial charge < -0.3 is 4.90 Å². The standard InChI is InChI=1S/C19H18BrNO/c20-15-10-8-14(9-11-15)17-19(12-4-5-13-19)18(22)21(17)16-6-2-1-3-7-16/h1-3,6-11,17H,4-5,12-13H2/t17-/m0/s1. The van der Waals surface area contributed by atoms with E-state index in [9.17, 15) is 4.79 Å². The second-order valence-corrected chi connectivity index (χ2v) is 7.24. The largest absolute Gasteiger partial charge is 0.303 e. The normalized spacial score (nSPS) is 22.9. The van der Waals surface area contributed by atoms with Gasteiger partial charge in [0.1, 0.15) is 0 Å². The maximum absolute atomic E-state index is 13.0. The Balaban J connectivity index is 1.78. The Hall–Kier alpha value is -1.61. The van der Waals surface area contributed by atoms with E-state index in [1.807, 2.05) is 35.2 Å². The van der Waals surface area contributed by atoms with E-state index in [-0.39, 0.29) is 11.5 Å². The number of benzene rings is 2. The van der Waals surface area contributed by atoms with Crippen LogP contribution in [0.1, 0.15) is 37.3 Å². The second-order valence-electron chi connectivity index (χ2n) is 6.33. The Bertz CT molecular complexity index is 689. The van der Waals surface area contributed by atoms with Crippen LogP contribution in [0.3, 0.4) is 0 Å². The molecule has 3 heteroatoms. The Labute approximate surface area is 139 Å². The number of hydrogen-bond donors (Lipinski definition) is 0. The molecule has 2 fully saturated rings. The maximum Gasteiger partial charge on any atom is 0.236 e. The van der Waals surface area contributed by atoms with Gasteiger partial charge in [-0.05, 0) is 42.7 Å². The van der Waals surface area contributed by atoms with Crippen molar-refractivity contribution in [3.63, 3.8) is 0 Å². The third kappa shape index (κ3) is 1.95. The van der Waals surface area contributed by atoms with Gasteiger partial charge >= 0.3 is 0 Å². The van der Waals surface area contributed by atoms with Crippen LogP contribution in [-0.4, -0.2) is 5.91 Å². The molecule has 22 heavy (non-hydrogen) atoms. The number of anilines is 1. The summed E-state index contributed by atoms with van der Waals surface area (Å²) in [6, 6.07) is 18.7. The topological polar surface area (TPSA) is 20.3 Å². The fraction of sp³-hybridized carbons (Fsp3) is 0.316. The quantitative estimate of drug-likeness (QED) is 0.686. The van der Waals surface area contributed by atoms with E-state index in [0.29, 0.717) is 5.91 Å². The number of rotatable bonds is 2. The van der Waals surface area contributed by atoms with E-state index in [0.717, 1.165) is 23.0 Å². The van der Waals surface area contributed by atoms with Gasteiger partial charge in [-0.1, -0.05) is 59.1 Å². The van der Waals surface area contributed by atoms with Crippen molar-refractivity contribution in [1.29, 1.82) is 0 Å². The van der Waals surface area contributed by atoms with Crippen molar-refractivity contribution >= 4 is 27.5 Å². The number of para-hydroxylation sites is 1. The Morgan fingerprint density at radius 1 is 0.955 bits per heavy atom. The van der Waals surface area contributed by atoms with Crippen molar-refractivity contribution in [1.82, 2.24) is 0 Å². The van der Waals surface area contributed by atoms with Crippen molar-refractivity contribution in [2.24, 2.45) is 5.41 Å². The summed E-state index contributed by atoms with van der Waals surface area (Å²) in [7, 11) is 0. The van der Waals surface area contributed by atoms with Gasteiger partial charge in [-0.15, -0.1) is 0 Å². The van der Waals surface area contributed by atoms with Gasteiger partial charge in [-0.2, -0.15) is 0 Å². The molecule has 4 rings (SSSR count). The van der Waals surface area contributed by atoms with Crippen molar-refractivity contribution in [3.8, 4) is 0 Å². The third-order valence-corrected chi connectivity index (χ3v) is 5.67. The Morgan fingerprint density at radius 2 is 1.59 bits per heavy atom. The highest BCUT2D eigenvalue weighted by Gasteiger charge is 2.61. The molecule has 2 aromatic rings. The molecule has 1 atom stereocenters. The highest BCUT2D eigenvalue weighted by molar-refractivity contribution is 9.10. The number of halogens is 1. The van der Waals surface area contributed by atoms with Gasteiger partial charge in [0.15, 0.2) is 0 Å². The summed E-state index contributed by atoms with van der Waals surface area (Å²) in [5, 5.41) is 0. The zero-order chi connectivity index (χ0) is 15.2. The summed E-state index contributed by atoms with van der Waals surface area (Å²) < 4.78 is 1.08. The van der Waals surface area contributed by atoms with Crippen molar-refractivity contribution < 1.29 is 4.79 Å². The molecule has 0 N–H and O–H groups in total. The molecule has 0 radical (unpaired) electrons. The van der Waals surface area contributed by atoms with E-state index >= 15 is 0 Å². The lowest BCUT2D eigenvalue weighted by molar-refractivity contribution is -0.139. The van der Waals surface area contributed by atoms with Crippen LogP contribution in [0, 0.1) is 5.41 Å². The van der Waals surface area contributed by atoms with Crippen LogP contribution in [0.4, 0.5) is 5.69 Å². The second kappa shape index (κ2) is 5.24. The van der Waals surface area contributed by atoms with Crippen molar-refractivity contribution in [2.75, 3.05) is 4.90 Å². The first kappa shape index (κ1) is 14.0. The molecule has 0 unspecified atom stereocenters. The number of carbonyl (C=O) groups excluding carboxylic acids is 1. The van der Waals surface area contributed by atoms with Gasteiger partial charge in [-0.3, -0.25) is 4.79 Å². The third-order valence-electron chi connectivity index (χ3n) is 5.14. The smallest absolute Gasteiger partial charge is 0.236 e. The number of hydrogen-bond acceptors (Lipinski definition) is 1. The summed E-state index contributed by atoms with van der Waals surface area (Å²) in [5.74, 6) is 0.309. The van der Waals surface area contributed by atoms with Gasteiger partial charge in [0.25, 0.3) is 0 Å². The predicted molar refractivity (Wildman–Crippen MR) is 91.7 cm³/mol. The van der Waals surface area contributed by atoms with Crippen LogP contribution >= 0.6 is 15.9 Å². The summed E-state index contributed by atoms with van der Waals surface area (Å²) >= 11 is 3.50. The van der Waals surface area contributed by atoms with E-state index in [2.05, 4.69) is 40.2 Å². The van der Waals surface area contributed by atoms with Crippen molar-refractivity contribution in [2.45, 2.75) is 31.7 Å². The molecular formula is C19H18BrNO. The molecule has 1 heterocycles. The van der Waals surface area contributed by atoms with Gasteiger partial charge in [0.2, 0.25) is 5.91 Å². The molecule has 1 aliphatic carbocycles. The Kier molecular flexibility index (Phi) is 3.33. The van der Waals surface area contributed by atoms with E-state index in [1.165, 1.54) is 18.4 Å². The predicted octanol–water partition coefficient (Wildman–Crippen LogP) is 5.10. The molecule has 2 nitrogen and oxygen atoms in total. The molecule has 1 saturated carbocycles. The first-order chi connectivity index (χ1) is 10.7. The molecule has 1 amide bonds. The molecule has 112 valence electrons. The molecule has 2 aliphatic rings. The van der Waals surface area contributed by atoms with Crippen LogP contribution in [0.5, 0.6) is 0 Å². The van der Waals surface area contributed by atoms with Crippen LogP contribution in [0.2, 0.25) is 0 Å². The SMILES string of the molecule is O=C1N(c2ccccc2)[C@@H](c2ccc(Br)cc2)C12CCCC2. The molecule has 0 aromatic heterocycles. The monoisotopic (exact) mass is 355 g/mol. The molecule has 2 aromatic carbocycles. The van der Waals surface area contributed by atoms with E-state index in [4.69, 9.17) is 0 Å². The minimum Gasteiger partial charge on any atom is -0.303 e. The summed E-state index contributed by atoms with van der Waals surface area (Å²) in [6.07, 6.45) is 4.38. The lowest BCUT2D eigenvalue weighted by atomic mass is 9.66. The fourth-order valence-corrected chi connectivity index (χ4v) is 4.38. The number of nitrogens with zero attached hydrogens (tertiary/aromatic N) is 1. The van der Waals surface area contributed by atoms with E-state index < -0.39 is 0 Å². The van der Waals surface area contributed by atoms with Crippen LogP contribution in [0.25, 0.3) is 0 Å². The van der Waals surface area contributed by atoms with Crippen LogP contribution in [-0.2, 0) is 4.79 Å². The number of β-lactam (4-membered cyclic amide) rings is 1. The van der Waals surface area contributed by atoms with Gasteiger partial charge in [-0.25, -0.2) is 0 Å². The molecule has 1 aliphatic heterocycles. The summed E-state index contributed by atoms with van der Waals surface area (Å²) in [4.78, 5) is 14.9. The van der Waals surface area contributed by atoms with Gasteiger partial charge in [0, 0.05) is 10.2 Å². The lowest BCUT2D eigenvalue weighted by Gasteiger charge is -2.55. The zero-order valence-corrected chi connectivity index (χ0v) is 13.9. The highest BCUT2D eigenvalue weighted by atomic mass is 79.9. The molecule has 1 saturated heterocycles. The molecule has 0 bridgehead atoms. The zero-order valence-electron chi connectivity index (χ0n) is 12.3. The Morgan fingerprint density at radius 3 is 2.23 bits per heavy atom.